The molecule has 1 amide bonds. The van der Waals surface area contributed by atoms with Gasteiger partial charge in [0, 0.05) is 18.6 Å². The highest BCUT2D eigenvalue weighted by Crippen LogP contribution is 2.29. The average Bonchev–Trinajstić information content (AvgIpc) is 2.58. The van der Waals surface area contributed by atoms with Crippen molar-refractivity contribution in [2.45, 2.75) is 45.7 Å². The van der Waals surface area contributed by atoms with Gasteiger partial charge in [-0.15, -0.1) is 0 Å². The Morgan fingerprint density at radius 2 is 2.05 bits per heavy atom. The highest BCUT2D eigenvalue weighted by molar-refractivity contribution is 5.87. The third-order valence-corrected chi connectivity index (χ3v) is 3.45. The third-order valence-electron chi connectivity index (χ3n) is 3.45. The van der Waals surface area contributed by atoms with Crippen molar-refractivity contribution in [3.05, 3.63) is 24.3 Å². The number of amides is 1. The number of para-hydroxylation sites is 2. The molecule has 0 aromatic heterocycles. The van der Waals surface area contributed by atoms with Gasteiger partial charge in [-0.05, 0) is 46.2 Å². The summed E-state index contributed by atoms with van der Waals surface area (Å²) < 4.78 is 0. The van der Waals surface area contributed by atoms with Gasteiger partial charge in [-0.25, -0.2) is 0 Å². The summed E-state index contributed by atoms with van der Waals surface area (Å²) in [5, 5.41) is 6.49. The molecular weight excluding hydrogens is 250 g/mol. The molecule has 0 fully saturated rings. The van der Waals surface area contributed by atoms with Crippen LogP contribution < -0.4 is 15.5 Å². The van der Waals surface area contributed by atoms with Crippen LogP contribution in [0.1, 0.15) is 34.1 Å². The predicted octanol–water partition coefficient (Wildman–Crippen LogP) is 2.61. The normalized spacial score (nSPS) is 16.7. The molecule has 1 aromatic carbocycles. The number of carbonyl (C=O) groups is 1. The molecule has 0 saturated carbocycles. The number of nitrogens with one attached hydrogen (secondary N) is 2. The van der Waals surface area contributed by atoms with Crippen LogP contribution in [0.5, 0.6) is 0 Å². The van der Waals surface area contributed by atoms with Crippen molar-refractivity contribution in [1.29, 1.82) is 0 Å². The minimum absolute atomic E-state index is 0.0780. The van der Waals surface area contributed by atoms with Crippen LogP contribution in [-0.2, 0) is 4.79 Å². The standard InChI is InChI=1S/C16H25N3O/c1-12(15(20)18-16(2,3)4)19-11-7-10-17-13-8-5-6-9-14(13)19/h5-6,8-9,12,17H,7,10-11H2,1-4H3,(H,18,20). The predicted molar refractivity (Wildman–Crippen MR) is 84.3 cm³/mol. The van der Waals surface area contributed by atoms with Gasteiger partial charge in [0.25, 0.3) is 0 Å². The van der Waals surface area contributed by atoms with Gasteiger partial charge >= 0.3 is 0 Å². The lowest BCUT2D eigenvalue weighted by atomic mass is 10.1. The molecule has 1 aliphatic heterocycles. The first kappa shape index (κ1) is 14.7. The van der Waals surface area contributed by atoms with E-state index in [-0.39, 0.29) is 17.5 Å². The second-order valence-electron chi connectivity index (χ2n) is 6.41. The van der Waals surface area contributed by atoms with E-state index in [2.05, 4.69) is 27.7 Å². The largest absolute Gasteiger partial charge is 0.383 e. The molecule has 0 aliphatic carbocycles. The average molecular weight is 275 g/mol. The number of carbonyl (C=O) groups excluding carboxylic acids is 1. The van der Waals surface area contributed by atoms with E-state index in [4.69, 9.17) is 0 Å². The van der Waals surface area contributed by atoms with Gasteiger partial charge in [-0.3, -0.25) is 4.79 Å². The minimum Gasteiger partial charge on any atom is -0.383 e. The second-order valence-corrected chi connectivity index (χ2v) is 6.41. The lowest BCUT2D eigenvalue weighted by Gasteiger charge is -2.32. The maximum Gasteiger partial charge on any atom is 0.242 e. The summed E-state index contributed by atoms with van der Waals surface area (Å²) in [7, 11) is 0. The van der Waals surface area contributed by atoms with Crippen molar-refractivity contribution < 1.29 is 4.79 Å². The van der Waals surface area contributed by atoms with Crippen LogP contribution in [0.15, 0.2) is 24.3 Å². The third kappa shape index (κ3) is 3.44. The van der Waals surface area contributed by atoms with Gasteiger partial charge in [-0.2, -0.15) is 0 Å². The second kappa shape index (κ2) is 5.73. The summed E-state index contributed by atoms with van der Waals surface area (Å²) in [4.78, 5) is 14.6. The van der Waals surface area contributed by atoms with E-state index in [1.165, 1.54) is 0 Å². The molecule has 0 radical (unpaired) electrons. The number of rotatable bonds is 2. The molecule has 1 aromatic rings. The van der Waals surface area contributed by atoms with Crippen LogP contribution in [0.3, 0.4) is 0 Å². The van der Waals surface area contributed by atoms with Crippen molar-refractivity contribution in [3.63, 3.8) is 0 Å². The van der Waals surface area contributed by atoms with Crippen LogP contribution in [0, 0.1) is 0 Å². The molecule has 0 saturated heterocycles. The van der Waals surface area contributed by atoms with E-state index < -0.39 is 0 Å². The molecule has 2 rings (SSSR count). The van der Waals surface area contributed by atoms with E-state index in [0.717, 1.165) is 30.9 Å². The molecule has 1 heterocycles. The zero-order valence-corrected chi connectivity index (χ0v) is 12.9. The van der Waals surface area contributed by atoms with E-state index in [0.29, 0.717) is 0 Å². The molecule has 1 aliphatic rings. The fourth-order valence-electron chi connectivity index (χ4n) is 2.48. The Morgan fingerprint density at radius 1 is 1.35 bits per heavy atom. The minimum atomic E-state index is -0.199. The van der Waals surface area contributed by atoms with Crippen LogP contribution in [0.2, 0.25) is 0 Å². The van der Waals surface area contributed by atoms with Crippen molar-refractivity contribution in [3.8, 4) is 0 Å². The quantitative estimate of drug-likeness (QED) is 0.872. The molecule has 0 spiro atoms. The van der Waals surface area contributed by atoms with Gasteiger partial charge in [-0.1, -0.05) is 12.1 Å². The maximum atomic E-state index is 12.4. The molecule has 4 nitrogen and oxygen atoms in total. The molecule has 4 heteroatoms. The summed E-state index contributed by atoms with van der Waals surface area (Å²) in [6, 6.07) is 8.02. The number of anilines is 2. The Hall–Kier alpha value is -1.71. The molecule has 110 valence electrons. The highest BCUT2D eigenvalue weighted by atomic mass is 16.2. The topological polar surface area (TPSA) is 44.4 Å². The first-order valence-corrected chi connectivity index (χ1v) is 7.30. The highest BCUT2D eigenvalue weighted by Gasteiger charge is 2.26. The van der Waals surface area contributed by atoms with Crippen LogP contribution in [0.25, 0.3) is 0 Å². The van der Waals surface area contributed by atoms with E-state index >= 15 is 0 Å². The lowest BCUT2D eigenvalue weighted by molar-refractivity contribution is -0.123. The molecule has 0 bridgehead atoms. The Kier molecular flexibility index (Phi) is 4.21. The number of nitrogens with zero attached hydrogens (tertiary/aromatic N) is 1. The molecule has 1 atom stereocenters. The zero-order valence-electron chi connectivity index (χ0n) is 12.9. The van der Waals surface area contributed by atoms with Gasteiger partial charge in [0.1, 0.15) is 6.04 Å². The van der Waals surface area contributed by atoms with Gasteiger partial charge in [0.05, 0.1) is 11.4 Å². The van der Waals surface area contributed by atoms with Crippen molar-refractivity contribution in [1.82, 2.24) is 5.32 Å². The Bertz CT molecular complexity index is 479. The number of fused-ring (bicyclic) bond motifs is 1. The van der Waals surface area contributed by atoms with Gasteiger partial charge < -0.3 is 15.5 Å². The Morgan fingerprint density at radius 3 is 2.75 bits per heavy atom. The number of hydrogen-bond donors (Lipinski definition) is 2. The van der Waals surface area contributed by atoms with Crippen molar-refractivity contribution in [2.75, 3.05) is 23.3 Å². The van der Waals surface area contributed by atoms with E-state index in [1.54, 1.807) is 0 Å². The Labute approximate surface area is 121 Å². The summed E-state index contributed by atoms with van der Waals surface area (Å²) in [6.07, 6.45) is 1.03. The Balaban J connectivity index is 2.21. The van der Waals surface area contributed by atoms with Crippen LogP contribution >= 0.6 is 0 Å². The van der Waals surface area contributed by atoms with E-state index in [9.17, 15) is 4.79 Å². The first-order chi connectivity index (χ1) is 9.38. The SMILES string of the molecule is CC(C(=O)NC(C)(C)C)N1CCCNc2ccccc21. The lowest BCUT2D eigenvalue weighted by Crippen LogP contribution is -2.51. The first-order valence-electron chi connectivity index (χ1n) is 7.30. The summed E-state index contributed by atoms with van der Waals surface area (Å²) in [6.45, 7) is 9.84. The summed E-state index contributed by atoms with van der Waals surface area (Å²) in [5.74, 6) is 0.0780. The molecule has 1 unspecified atom stereocenters. The fourth-order valence-corrected chi connectivity index (χ4v) is 2.48. The number of hydrogen-bond acceptors (Lipinski definition) is 3. The van der Waals surface area contributed by atoms with Crippen molar-refractivity contribution in [2.24, 2.45) is 0 Å². The number of benzene rings is 1. The van der Waals surface area contributed by atoms with Crippen molar-refractivity contribution >= 4 is 17.3 Å². The monoisotopic (exact) mass is 275 g/mol. The van der Waals surface area contributed by atoms with E-state index in [1.807, 2.05) is 39.8 Å². The summed E-state index contributed by atoms with van der Waals surface area (Å²) in [5.41, 5.74) is 2.02. The molecular formula is C16H25N3O. The smallest absolute Gasteiger partial charge is 0.242 e. The van der Waals surface area contributed by atoms with Gasteiger partial charge in [0.15, 0.2) is 0 Å². The van der Waals surface area contributed by atoms with Crippen LogP contribution in [-0.4, -0.2) is 30.6 Å². The fraction of sp³-hybridized carbons (Fsp3) is 0.562. The molecule has 2 N–H and O–H groups in total. The maximum absolute atomic E-state index is 12.4. The summed E-state index contributed by atoms with van der Waals surface area (Å²) >= 11 is 0. The zero-order chi connectivity index (χ0) is 14.8. The van der Waals surface area contributed by atoms with Crippen LogP contribution in [0.4, 0.5) is 11.4 Å². The molecule has 20 heavy (non-hydrogen) atoms. The van der Waals surface area contributed by atoms with Gasteiger partial charge in [0.2, 0.25) is 5.91 Å².